The van der Waals surface area contributed by atoms with E-state index in [2.05, 4.69) is 25.9 Å². The zero-order valence-electron chi connectivity index (χ0n) is 8.72. The standard InChI is InChI=1S/C12H8BrN3S/c13-8-6-10-11(14-7-8)16(12(17)15-10)9-4-2-1-3-5-9/h1-7H,(H,15,17). The fourth-order valence-corrected chi connectivity index (χ4v) is 2.42. The van der Waals surface area contributed by atoms with Crippen molar-refractivity contribution in [3.63, 3.8) is 0 Å². The Morgan fingerprint density at radius 3 is 2.76 bits per heavy atom. The second-order valence-corrected chi connectivity index (χ2v) is 4.93. The molecule has 0 fully saturated rings. The average Bonchev–Trinajstić information content (AvgIpc) is 2.65. The zero-order chi connectivity index (χ0) is 11.8. The largest absolute Gasteiger partial charge is 0.329 e. The molecule has 5 heteroatoms. The van der Waals surface area contributed by atoms with Gasteiger partial charge >= 0.3 is 0 Å². The Hall–Kier alpha value is -1.46. The lowest BCUT2D eigenvalue weighted by atomic mass is 10.3. The first kappa shape index (κ1) is 10.7. The summed E-state index contributed by atoms with van der Waals surface area (Å²) in [6.45, 7) is 0. The molecular weight excluding hydrogens is 298 g/mol. The molecule has 1 N–H and O–H groups in total. The summed E-state index contributed by atoms with van der Waals surface area (Å²) in [6, 6.07) is 11.9. The van der Waals surface area contributed by atoms with E-state index < -0.39 is 0 Å². The number of halogens is 1. The topological polar surface area (TPSA) is 33.6 Å². The van der Waals surface area contributed by atoms with E-state index in [1.165, 1.54) is 0 Å². The van der Waals surface area contributed by atoms with Gasteiger partial charge in [0.25, 0.3) is 0 Å². The number of hydrogen-bond acceptors (Lipinski definition) is 2. The van der Waals surface area contributed by atoms with E-state index in [-0.39, 0.29) is 0 Å². The second kappa shape index (κ2) is 4.09. The molecule has 3 rings (SSSR count). The van der Waals surface area contributed by atoms with Crippen molar-refractivity contribution in [2.24, 2.45) is 0 Å². The van der Waals surface area contributed by atoms with E-state index in [0.717, 1.165) is 21.3 Å². The summed E-state index contributed by atoms with van der Waals surface area (Å²) >= 11 is 8.73. The molecule has 0 unspecified atom stereocenters. The van der Waals surface area contributed by atoms with Crippen LogP contribution in [0.25, 0.3) is 16.9 Å². The zero-order valence-corrected chi connectivity index (χ0v) is 11.1. The predicted octanol–water partition coefficient (Wildman–Crippen LogP) is 3.85. The van der Waals surface area contributed by atoms with Crippen LogP contribution in [-0.4, -0.2) is 14.5 Å². The molecular formula is C12H8BrN3S. The molecule has 3 nitrogen and oxygen atoms in total. The molecule has 2 aromatic heterocycles. The first-order valence-electron chi connectivity index (χ1n) is 5.07. The van der Waals surface area contributed by atoms with Crippen LogP contribution in [0, 0.1) is 4.77 Å². The van der Waals surface area contributed by atoms with Gasteiger partial charge in [-0.3, -0.25) is 4.57 Å². The van der Waals surface area contributed by atoms with Gasteiger partial charge in [-0.2, -0.15) is 0 Å². The normalized spacial score (nSPS) is 10.9. The van der Waals surface area contributed by atoms with Gasteiger partial charge in [-0.1, -0.05) is 18.2 Å². The number of fused-ring (bicyclic) bond motifs is 1. The van der Waals surface area contributed by atoms with Crippen molar-refractivity contribution in [3.05, 3.63) is 51.8 Å². The summed E-state index contributed by atoms with van der Waals surface area (Å²) in [5, 5.41) is 0. The Kier molecular flexibility index (Phi) is 2.57. The number of para-hydroxylation sites is 1. The van der Waals surface area contributed by atoms with Gasteiger partial charge in [0.1, 0.15) is 0 Å². The molecule has 0 aliphatic rings. The number of aromatic amines is 1. The Morgan fingerprint density at radius 2 is 2.00 bits per heavy atom. The lowest BCUT2D eigenvalue weighted by Crippen LogP contribution is -1.94. The monoisotopic (exact) mass is 305 g/mol. The number of nitrogens with zero attached hydrogens (tertiary/aromatic N) is 2. The lowest BCUT2D eigenvalue weighted by molar-refractivity contribution is 1.04. The van der Waals surface area contributed by atoms with Crippen LogP contribution >= 0.6 is 28.1 Å². The van der Waals surface area contributed by atoms with E-state index in [0.29, 0.717) is 4.77 Å². The minimum absolute atomic E-state index is 0.650. The van der Waals surface area contributed by atoms with Crippen molar-refractivity contribution in [1.29, 1.82) is 0 Å². The second-order valence-electron chi connectivity index (χ2n) is 3.63. The molecule has 1 aromatic carbocycles. The maximum atomic E-state index is 5.33. The highest BCUT2D eigenvalue weighted by molar-refractivity contribution is 9.10. The van der Waals surface area contributed by atoms with Gasteiger partial charge in [0.05, 0.1) is 5.52 Å². The summed E-state index contributed by atoms with van der Waals surface area (Å²) in [7, 11) is 0. The molecule has 0 radical (unpaired) electrons. The van der Waals surface area contributed by atoms with Crippen molar-refractivity contribution < 1.29 is 0 Å². The summed E-state index contributed by atoms with van der Waals surface area (Å²) in [4.78, 5) is 7.55. The van der Waals surface area contributed by atoms with Gasteiger partial charge in [-0.05, 0) is 46.3 Å². The van der Waals surface area contributed by atoms with Gasteiger partial charge in [0.15, 0.2) is 10.4 Å². The van der Waals surface area contributed by atoms with Gasteiger partial charge in [-0.25, -0.2) is 4.98 Å². The van der Waals surface area contributed by atoms with Crippen LogP contribution in [0.3, 0.4) is 0 Å². The highest BCUT2D eigenvalue weighted by Crippen LogP contribution is 2.20. The van der Waals surface area contributed by atoms with Crippen LogP contribution in [0.1, 0.15) is 0 Å². The minimum atomic E-state index is 0.650. The SMILES string of the molecule is S=c1[nH]c2cc(Br)cnc2n1-c1ccccc1. The van der Waals surface area contributed by atoms with Crippen LogP contribution in [0.4, 0.5) is 0 Å². The van der Waals surface area contributed by atoms with Crippen LogP contribution in [0.2, 0.25) is 0 Å². The Balaban J connectivity index is 2.37. The fraction of sp³-hybridized carbons (Fsp3) is 0. The molecule has 3 aromatic rings. The number of H-pyrrole nitrogens is 1. The Bertz CT molecular complexity index is 730. The summed E-state index contributed by atoms with van der Waals surface area (Å²) in [5.41, 5.74) is 2.77. The maximum absolute atomic E-state index is 5.33. The van der Waals surface area contributed by atoms with E-state index in [9.17, 15) is 0 Å². The molecule has 84 valence electrons. The van der Waals surface area contributed by atoms with Gasteiger partial charge in [0, 0.05) is 16.4 Å². The molecule has 0 spiro atoms. The number of imidazole rings is 1. The molecule has 0 atom stereocenters. The first-order chi connectivity index (χ1) is 8.25. The maximum Gasteiger partial charge on any atom is 0.183 e. The third-order valence-corrected chi connectivity index (χ3v) is 3.22. The van der Waals surface area contributed by atoms with Crippen molar-refractivity contribution in [2.75, 3.05) is 0 Å². The third-order valence-electron chi connectivity index (χ3n) is 2.50. The minimum Gasteiger partial charge on any atom is -0.329 e. The molecule has 0 amide bonds. The average molecular weight is 306 g/mol. The molecule has 17 heavy (non-hydrogen) atoms. The number of benzene rings is 1. The van der Waals surface area contributed by atoms with Crippen LogP contribution in [0.5, 0.6) is 0 Å². The van der Waals surface area contributed by atoms with Crippen molar-refractivity contribution in [2.45, 2.75) is 0 Å². The number of hydrogen-bond donors (Lipinski definition) is 1. The molecule has 0 saturated heterocycles. The Labute approximate surface area is 111 Å². The van der Waals surface area contributed by atoms with Crippen LogP contribution in [0.15, 0.2) is 47.1 Å². The molecule has 0 aliphatic heterocycles. The number of rotatable bonds is 1. The van der Waals surface area contributed by atoms with Crippen molar-refractivity contribution in [1.82, 2.24) is 14.5 Å². The van der Waals surface area contributed by atoms with E-state index in [1.807, 2.05) is 41.0 Å². The van der Waals surface area contributed by atoms with E-state index >= 15 is 0 Å². The summed E-state index contributed by atoms with van der Waals surface area (Å²) < 4.78 is 3.51. The predicted molar refractivity (Wildman–Crippen MR) is 74.0 cm³/mol. The Morgan fingerprint density at radius 1 is 1.24 bits per heavy atom. The molecule has 0 saturated carbocycles. The smallest absolute Gasteiger partial charge is 0.183 e. The van der Waals surface area contributed by atoms with Gasteiger partial charge in [0.2, 0.25) is 0 Å². The molecule has 0 aliphatic carbocycles. The summed E-state index contributed by atoms with van der Waals surface area (Å²) in [5.74, 6) is 0. The first-order valence-corrected chi connectivity index (χ1v) is 6.27. The van der Waals surface area contributed by atoms with Crippen LogP contribution < -0.4 is 0 Å². The quantitative estimate of drug-likeness (QED) is 0.693. The summed E-state index contributed by atoms with van der Waals surface area (Å²) in [6.07, 6.45) is 1.77. The van der Waals surface area contributed by atoms with Gasteiger partial charge in [-0.15, -0.1) is 0 Å². The van der Waals surface area contributed by atoms with E-state index in [1.54, 1.807) is 6.20 Å². The highest BCUT2D eigenvalue weighted by atomic mass is 79.9. The number of nitrogens with one attached hydrogen (secondary N) is 1. The lowest BCUT2D eigenvalue weighted by Gasteiger charge is -2.02. The fourth-order valence-electron chi connectivity index (χ4n) is 1.79. The molecule has 2 heterocycles. The molecule has 0 bridgehead atoms. The third kappa shape index (κ3) is 1.81. The number of aromatic nitrogens is 3. The van der Waals surface area contributed by atoms with Gasteiger partial charge < -0.3 is 4.98 Å². The van der Waals surface area contributed by atoms with E-state index in [4.69, 9.17) is 12.2 Å². The van der Waals surface area contributed by atoms with Crippen molar-refractivity contribution >= 4 is 39.3 Å². The van der Waals surface area contributed by atoms with Crippen molar-refractivity contribution in [3.8, 4) is 5.69 Å². The highest BCUT2D eigenvalue weighted by Gasteiger charge is 2.07. The number of pyridine rings is 1. The van der Waals surface area contributed by atoms with Crippen LogP contribution in [-0.2, 0) is 0 Å².